The second-order valence-corrected chi connectivity index (χ2v) is 5.21. The molecule has 1 aromatic carbocycles. The van der Waals surface area contributed by atoms with Gasteiger partial charge in [-0.15, -0.1) is 0 Å². The zero-order valence-electron chi connectivity index (χ0n) is 10.8. The Kier molecular flexibility index (Phi) is 3.61. The lowest BCUT2D eigenvalue weighted by Crippen LogP contribution is -2.18. The average molecular weight is 309 g/mol. The minimum absolute atomic E-state index is 0.782. The molecule has 0 fully saturated rings. The van der Waals surface area contributed by atoms with Crippen LogP contribution in [0.4, 0.5) is 11.4 Å². The minimum Gasteiger partial charge on any atom is -0.399 e. The van der Waals surface area contributed by atoms with Crippen LogP contribution in [0.1, 0.15) is 11.4 Å². The average Bonchev–Trinajstić information content (AvgIpc) is 2.57. The number of nitrogen functional groups attached to an aromatic ring is 1. The molecule has 4 nitrogen and oxygen atoms in total. The van der Waals surface area contributed by atoms with Crippen LogP contribution in [0, 0.1) is 6.92 Å². The first kappa shape index (κ1) is 13.0. The van der Waals surface area contributed by atoms with Crippen molar-refractivity contribution in [1.29, 1.82) is 0 Å². The molecule has 2 rings (SSSR count). The first-order chi connectivity index (χ1) is 8.49. The fourth-order valence-electron chi connectivity index (χ4n) is 1.90. The smallest absolute Gasteiger partial charge is 0.0739 e. The summed E-state index contributed by atoms with van der Waals surface area (Å²) in [7, 11) is 4.02. The zero-order chi connectivity index (χ0) is 13.3. The van der Waals surface area contributed by atoms with E-state index in [-0.39, 0.29) is 0 Å². The van der Waals surface area contributed by atoms with E-state index in [1.54, 1.807) is 0 Å². The van der Waals surface area contributed by atoms with Crippen molar-refractivity contribution in [2.45, 2.75) is 13.5 Å². The van der Waals surface area contributed by atoms with Crippen molar-refractivity contribution in [2.75, 3.05) is 17.7 Å². The molecule has 96 valence electrons. The Labute approximate surface area is 116 Å². The number of benzene rings is 1. The molecule has 0 aliphatic rings. The zero-order valence-corrected chi connectivity index (χ0v) is 12.4. The number of aromatic nitrogens is 2. The van der Waals surface area contributed by atoms with Crippen LogP contribution in [-0.2, 0) is 13.6 Å². The van der Waals surface area contributed by atoms with Gasteiger partial charge in [0.15, 0.2) is 0 Å². The van der Waals surface area contributed by atoms with Gasteiger partial charge in [-0.05, 0) is 47.1 Å². The van der Waals surface area contributed by atoms with Crippen LogP contribution in [0.25, 0.3) is 0 Å². The summed E-state index contributed by atoms with van der Waals surface area (Å²) in [5.41, 5.74) is 9.78. The number of aryl methyl sites for hydroxylation is 2. The predicted molar refractivity (Wildman–Crippen MR) is 78.6 cm³/mol. The molecule has 5 heteroatoms. The Morgan fingerprint density at radius 3 is 2.44 bits per heavy atom. The van der Waals surface area contributed by atoms with Crippen LogP contribution in [0.15, 0.2) is 28.7 Å². The lowest BCUT2D eigenvalue weighted by Gasteiger charge is -2.19. The van der Waals surface area contributed by atoms with Crippen LogP contribution in [0.5, 0.6) is 0 Å². The summed E-state index contributed by atoms with van der Waals surface area (Å²) in [6, 6.07) is 7.86. The van der Waals surface area contributed by atoms with E-state index in [1.165, 1.54) is 0 Å². The first-order valence-corrected chi connectivity index (χ1v) is 6.53. The van der Waals surface area contributed by atoms with Crippen LogP contribution >= 0.6 is 15.9 Å². The molecule has 0 aliphatic heterocycles. The van der Waals surface area contributed by atoms with Crippen molar-refractivity contribution in [3.8, 4) is 0 Å². The Bertz CT molecular complexity index is 545. The molecule has 0 unspecified atom stereocenters. The number of nitrogens with zero attached hydrogens (tertiary/aromatic N) is 3. The molecule has 18 heavy (non-hydrogen) atoms. The molecular weight excluding hydrogens is 292 g/mol. The molecule has 2 aromatic rings. The summed E-state index contributed by atoms with van der Waals surface area (Å²) in [5, 5.41) is 4.39. The molecule has 2 N–H and O–H groups in total. The van der Waals surface area contributed by atoms with Crippen LogP contribution < -0.4 is 10.6 Å². The topological polar surface area (TPSA) is 47.1 Å². The van der Waals surface area contributed by atoms with Crippen molar-refractivity contribution in [1.82, 2.24) is 9.78 Å². The largest absolute Gasteiger partial charge is 0.399 e. The van der Waals surface area contributed by atoms with Crippen molar-refractivity contribution < 1.29 is 0 Å². The maximum atomic E-state index is 5.69. The molecule has 0 amide bonds. The van der Waals surface area contributed by atoms with E-state index < -0.39 is 0 Å². The molecule has 0 saturated heterocycles. The van der Waals surface area contributed by atoms with Gasteiger partial charge in [-0.2, -0.15) is 5.10 Å². The quantitative estimate of drug-likeness (QED) is 0.887. The Hall–Kier alpha value is -1.49. The standard InChI is InChI=1S/C13H17BrN4/c1-9-13(14)12(18(3)16-9)8-17(2)11-6-4-10(15)5-7-11/h4-7H,8,15H2,1-3H3. The number of hydrogen-bond donors (Lipinski definition) is 1. The second-order valence-electron chi connectivity index (χ2n) is 4.42. The summed E-state index contributed by atoms with van der Waals surface area (Å²) in [4.78, 5) is 2.17. The molecule has 1 aromatic heterocycles. The van der Waals surface area contributed by atoms with Gasteiger partial charge >= 0.3 is 0 Å². The summed E-state index contributed by atoms with van der Waals surface area (Å²) in [6.45, 7) is 2.79. The minimum atomic E-state index is 0.782. The van der Waals surface area contributed by atoms with Gasteiger partial charge in [-0.25, -0.2) is 0 Å². The maximum Gasteiger partial charge on any atom is 0.0739 e. The van der Waals surface area contributed by atoms with Gasteiger partial charge in [0.05, 0.1) is 22.4 Å². The van der Waals surface area contributed by atoms with Crippen molar-refractivity contribution in [3.05, 3.63) is 40.1 Å². The van der Waals surface area contributed by atoms with Gasteiger partial charge in [0.1, 0.15) is 0 Å². The summed E-state index contributed by atoms with van der Waals surface area (Å²) >= 11 is 3.58. The summed E-state index contributed by atoms with van der Waals surface area (Å²) < 4.78 is 2.99. The van der Waals surface area contributed by atoms with Gasteiger partial charge < -0.3 is 10.6 Å². The highest BCUT2D eigenvalue weighted by molar-refractivity contribution is 9.10. The molecule has 1 heterocycles. The number of nitrogens with two attached hydrogens (primary N) is 1. The van der Waals surface area contributed by atoms with E-state index in [2.05, 4.69) is 33.0 Å². The summed E-state index contributed by atoms with van der Waals surface area (Å²) in [5.74, 6) is 0. The van der Waals surface area contributed by atoms with Crippen LogP contribution in [0.3, 0.4) is 0 Å². The maximum absolute atomic E-state index is 5.69. The van der Waals surface area contributed by atoms with Gasteiger partial charge in [0.2, 0.25) is 0 Å². The van der Waals surface area contributed by atoms with Crippen LogP contribution in [-0.4, -0.2) is 16.8 Å². The Balaban J connectivity index is 2.21. The van der Waals surface area contributed by atoms with E-state index in [1.807, 2.05) is 42.9 Å². The number of hydrogen-bond acceptors (Lipinski definition) is 3. The third-order valence-electron chi connectivity index (χ3n) is 2.98. The molecular formula is C13H17BrN4. The van der Waals surface area contributed by atoms with Gasteiger partial charge in [0.25, 0.3) is 0 Å². The van der Waals surface area contributed by atoms with Gasteiger partial charge in [0, 0.05) is 25.5 Å². The molecule has 0 atom stereocenters. The lowest BCUT2D eigenvalue weighted by atomic mass is 10.2. The van der Waals surface area contributed by atoms with E-state index >= 15 is 0 Å². The van der Waals surface area contributed by atoms with E-state index in [4.69, 9.17) is 5.73 Å². The third-order valence-corrected chi connectivity index (χ3v) is 4.01. The van der Waals surface area contributed by atoms with E-state index in [9.17, 15) is 0 Å². The normalized spacial score (nSPS) is 10.7. The van der Waals surface area contributed by atoms with Crippen molar-refractivity contribution in [3.63, 3.8) is 0 Å². The highest BCUT2D eigenvalue weighted by Gasteiger charge is 2.12. The SMILES string of the molecule is Cc1nn(C)c(CN(C)c2ccc(N)cc2)c1Br. The number of rotatable bonds is 3. The Morgan fingerprint density at radius 2 is 1.94 bits per heavy atom. The monoisotopic (exact) mass is 308 g/mol. The van der Waals surface area contributed by atoms with Gasteiger partial charge in [-0.1, -0.05) is 0 Å². The van der Waals surface area contributed by atoms with Gasteiger partial charge in [-0.3, -0.25) is 4.68 Å². The number of anilines is 2. The first-order valence-electron chi connectivity index (χ1n) is 5.73. The highest BCUT2D eigenvalue weighted by Crippen LogP contribution is 2.23. The van der Waals surface area contributed by atoms with E-state index in [0.29, 0.717) is 0 Å². The highest BCUT2D eigenvalue weighted by atomic mass is 79.9. The predicted octanol–water partition coefficient (Wildman–Crippen LogP) is 2.71. The number of halogens is 1. The third kappa shape index (κ3) is 2.51. The fraction of sp³-hybridized carbons (Fsp3) is 0.308. The fourth-order valence-corrected chi connectivity index (χ4v) is 2.36. The molecule has 0 bridgehead atoms. The molecule has 0 radical (unpaired) electrons. The second kappa shape index (κ2) is 5.02. The van der Waals surface area contributed by atoms with Crippen molar-refractivity contribution >= 4 is 27.3 Å². The Morgan fingerprint density at radius 1 is 1.33 bits per heavy atom. The lowest BCUT2D eigenvalue weighted by molar-refractivity contribution is 0.693. The molecule has 0 spiro atoms. The molecule has 0 saturated carbocycles. The van der Waals surface area contributed by atoms with Crippen LogP contribution in [0.2, 0.25) is 0 Å². The summed E-state index contributed by atoms with van der Waals surface area (Å²) in [6.07, 6.45) is 0. The molecule has 0 aliphatic carbocycles. The van der Waals surface area contributed by atoms with E-state index in [0.717, 1.165) is 33.8 Å². The van der Waals surface area contributed by atoms with Crippen molar-refractivity contribution in [2.24, 2.45) is 7.05 Å².